The zero-order chi connectivity index (χ0) is 19.7. The molecule has 0 atom stereocenters. The predicted molar refractivity (Wildman–Crippen MR) is 110 cm³/mol. The molecule has 0 saturated carbocycles. The summed E-state index contributed by atoms with van der Waals surface area (Å²) < 4.78 is 12.6. The van der Waals surface area contributed by atoms with Crippen LogP contribution in [0, 0.1) is 6.92 Å². The highest BCUT2D eigenvalue weighted by atomic mass is 79.9. The van der Waals surface area contributed by atoms with E-state index in [1.807, 2.05) is 36.6 Å². The molecule has 4 rings (SSSR count). The maximum Gasteiger partial charge on any atom is 0.292 e. The van der Waals surface area contributed by atoms with Crippen LogP contribution < -0.4 is 10.1 Å². The molecule has 28 heavy (non-hydrogen) atoms. The Kier molecular flexibility index (Phi) is 5.01. The number of aryl methyl sites for hydroxylation is 1. The molecule has 1 N–H and O–H groups in total. The van der Waals surface area contributed by atoms with Gasteiger partial charge in [-0.3, -0.25) is 4.79 Å². The average Bonchev–Trinajstić information content (AvgIpc) is 3.42. The fourth-order valence-corrected chi connectivity index (χ4v) is 3.71. The number of aromatic nitrogens is 3. The normalized spacial score (nSPS) is 10.8. The molecule has 0 fully saturated rings. The van der Waals surface area contributed by atoms with Crippen molar-refractivity contribution in [2.24, 2.45) is 0 Å². The van der Waals surface area contributed by atoms with Crippen LogP contribution in [0.5, 0.6) is 5.75 Å². The molecule has 7 nitrogen and oxygen atoms in total. The second kappa shape index (κ2) is 7.61. The molecule has 4 aromatic rings. The van der Waals surface area contributed by atoms with E-state index in [0.29, 0.717) is 15.6 Å². The first-order chi connectivity index (χ1) is 13.5. The summed E-state index contributed by atoms with van der Waals surface area (Å²) >= 11 is 4.63. The number of furan rings is 1. The molecule has 142 valence electrons. The summed E-state index contributed by atoms with van der Waals surface area (Å²) in [6, 6.07) is 12.7. The minimum absolute atomic E-state index is 0.204. The van der Waals surface area contributed by atoms with Crippen LogP contribution in [-0.2, 0) is 0 Å². The van der Waals surface area contributed by atoms with E-state index in [0.717, 1.165) is 22.7 Å². The first-order valence-corrected chi connectivity index (χ1v) is 9.94. The Morgan fingerprint density at radius 3 is 2.71 bits per heavy atom. The molecule has 1 aromatic carbocycles. The van der Waals surface area contributed by atoms with Crippen LogP contribution >= 0.6 is 27.3 Å². The van der Waals surface area contributed by atoms with E-state index in [1.54, 1.807) is 30.0 Å². The smallest absolute Gasteiger partial charge is 0.292 e. The third kappa shape index (κ3) is 3.71. The highest BCUT2D eigenvalue weighted by Crippen LogP contribution is 2.28. The van der Waals surface area contributed by atoms with Crippen LogP contribution in [0.1, 0.15) is 16.2 Å². The van der Waals surface area contributed by atoms with Gasteiger partial charge >= 0.3 is 0 Å². The molecule has 1 amide bonds. The lowest BCUT2D eigenvalue weighted by molar-refractivity contribution is 0.0994. The number of hydrogen-bond donors (Lipinski definition) is 1. The highest BCUT2D eigenvalue weighted by Gasteiger charge is 2.17. The summed E-state index contributed by atoms with van der Waals surface area (Å²) in [5, 5.41) is 9.87. The monoisotopic (exact) mass is 458 g/mol. The molecule has 0 aliphatic heterocycles. The van der Waals surface area contributed by atoms with Gasteiger partial charge in [0.2, 0.25) is 5.13 Å². The van der Waals surface area contributed by atoms with Gasteiger partial charge in [-0.25, -0.2) is 4.98 Å². The Morgan fingerprint density at radius 2 is 2.04 bits per heavy atom. The molecule has 0 radical (unpaired) electrons. The third-order valence-corrected chi connectivity index (χ3v) is 5.17. The number of nitrogens with zero attached hydrogens (tertiary/aromatic N) is 3. The number of halogens is 1. The predicted octanol–water partition coefficient (Wildman–Crippen LogP) is 4.92. The van der Waals surface area contributed by atoms with Crippen molar-refractivity contribution in [1.82, 2.24) is 14.8 Å². The summed E-state index contributed by atoms with van der Waals surface area (Å²) in [5.41, 5.74) is 2.55. The van der Waals surface area contributed by atoms with E-state index in [4.69, 9.17) is 9.15 Å². The second-order valence-electron chi connectivity index (χ2n) is 5.88. The van der Waals surface area contributed by atoms with E-state index < -0.39 is 0 Å². The van der Waals surface area contributed by atoms with Crippen molar-refractivity contribution in [3.8, 4) is 22.1 Å². The van der Waals surface area contributed by atoms with Gasteiger partial charge in [-0.15, -0.1) is 11.3 Å². The van der Waals surface area contributed by atoms with Crippen molar-refractivity contribution in [3.05, 3.63) is 64.0 Å². The number of amides is 1. The first-order valence-electron chi connectivity index (χ1n) is 8.27. The van der Waals surface area contributed by atoms with E-state index in [-0.39, 0.29) is 11.7 Å². The third-order valence-electron chi connectivity index (χ3n) is 3.93. The topological polar surface area (TPSA) is 82.2 Å². The fraction of sp³-hybridized carbons (Fsp3) is 0.105. The van der Waals surface area contributed by atoms with Crippen LogP contribution in [0.3, 0.4) is 0 Å². The summed E-state index contributed by atoms with van der Waals surface area (Å²) in [4.78, 5) is 17.1. The molecule has 3 aromatic heterocycles. The van der Waals surface area contributed by atoms with Crippen molar-refractivity contribution < 1.29 is 13.9 Å². The minimum atomic E-state index is -0.362. The van der Waals surface area contributed by atoms with Gasteiger partial charge in [0, 0.05) is 17.0 Å². The zero-order valence-electron chi connectivity index (χ0n) is 15.0. The summed E-state index contributed by atoms with van der Waals surface area (Å²) in [6.45, 7) is 1.85. The van der Waals surface area contributed by atoms with E-state index in [2.05, 4.69) is 31.3 Å². The van der Waals surface area contributed by atoms with Crippen molar-refractivity contribution in [1.29, 1.82) is 0 Å². The number of carbonyl (C=O) groups is 1. The van der Waals surface area contributed by atoms with Gasteiger partial charge in [0.1, 0.15) is 11.6 Å². The number of thiazole rings is 1. The number of methoxy groups -OCH3 is 1. The van der Waals surface area contributed by atoms with E-state index >= 15 is 0 Å². The summed E-state index contributed by atoms with van der Waals surface area (Å²) in [7, 11) is 1.63. The number of nitrogens with one attached hydrogen (secondary N) is 1. The van der Waals surface area contributed by atoms with Crippen LogP contribution in [0.15, 0.2) is 56.9 Å². The lowest BCUT2D eigenvalue weighted by atomic mass is 10.2. The number of carbonyl (C=O) groups excluding carboxylic acids is 1. The standard InChI is InChI=1S/C19H15BrN4O3S/c1-11-9-17(22-18(25)15-7-8-16(20)27-15)24(23-11)19-21-14(10-28-19)12-3-5-13(26-2)6-4-12/h3-10H,1-2H3,(H,22,25). The number of benzene rings is 1. The molecule has 0 spiro atoms. The van der Waals surface area contributed by atoms with Crippen molar-refractivity contribution in [3.63, 3.8) is 0 Å². The lowest BCUT2D eigenvalue weighted by Gasteiger charge is -2.05. The molecule has 0 aliphatic rings. The minimum Gasteiger partial charge on any atom is -0.497 e. The van der Waals surface area contributed by atoms with Crippen LogP contribution in [0.2, 0.25) is 0 Å². The summed E-state index contributed by atoms with van der Waals surface area (Å²) in [5.74, 6) is 1.15. The SMILES string of the molecule is COc1ccc(-c2csc(-n3nc(C)cc3NC(=O)c3ccc(Br)o3)n2)cc1. The largest absolute Gasteiger partial charge is 0.497 e. The first kappa shape index (κ1) is 18.5. The van der Waals surface area contributed by atoms with Gasteiger partial charge in [-0.2, -0.15) is 9.78 Å². The molecule has 0 unspecified atom stereocenters. The van der Waals surface area contributed by atoms with Crippen molar-refractivity contribution in [2.45, 2.75) is 6.92 Å². The molecular formula is C19H15BrN4O3S. The van der Waals surface area contributed by atoms with Gasteiger partial charge in [0.25, 0.3) is 5.91 Å². The molecule has 3 heterocycles. The Balaban J connectivity index is 1.61. The maximum atomic E-state index is 12.4. The molecule has 9 heteroatoms. The zero-order valence-corrected chi connectivity index (χ0v) is 17.4. The Labute approximate surface area is 173 Å². The Morgan fingerprint density at radius 1 is 1.25 bits per heavy atom. The number of anilines is 1. The van der Waals surface area contributed by atoms with E-state index in [1.165, 1.54) is 11.3 Å². The van der Waals surface area contributed by atoms with Gasteiger partial charge in [0.05, 0.1) is 18.5 Å². The molecular weight excluding hydrogens is 444 g/mol. The van der Waals surface area contributed by atoms with Gasteiger partial charge in [-0.1, -0.05) is 0 Å². The molecule has 0 saturated heterocycles. The van der Waals surface area contributed by atoms with Crippen molar-refractivity contribution >= 4 is 39.0 Å². The highest BCUT2D eigenvalue weighted by molar-refractivity contribution is 9.10. The Hall–Kier alpha value is -2.91. The second-order valence-corrected chi connectivity index (χ2v) is 7.50. The molecule has 0 bridgehead atoms. The van der Waals surface area contributed by atoms with E-state index in [9.17, 15) is 4.79 Å². The summed E-state index contributed by atoms with van der Waals surface area (Å²) in [6.07, 6.45) is 0. The van der Waals surface area contributed by atoms with Crippen LogP contribution in [-0.4, -0.2) is 27.8 Å². The van der Waals surface area contributed by atoms with Crippen LogP contribution in [0.4, 0.5) is 5.82 Å². The molecule has 0 aliphatic carbocycles. The van der Waals surface area contributed by atoms with Gasteiger partial charge in [0.15, 0.2) is 10.4 Å². The number of rotatable bonds is 5. The number of ether oxygens (including phenoxy) is 1. The Bertz CT molecular complexity index is 1130. The quantitative estimate of drug-likeness (QED) is 0.458. The maximum absolute atomic E-state index is 12.4. The number of hydrogen-bond acceptors (Lipinski definition) is 6. The van der Waals surface area contributed by atoms with Crippen LogP contribution in [0.25, 0.3) is 16.4 Å². The van der Waals surface area contributed by atoms with Gasteiger partial charge < -0.3 is 14.5 Å². The lowest BCUT2D eigenvalue weighted by Crippen LogP contribution is -2.14. The van der Waals surface area contributed by atoms with Gasteiger partial charge in [-0.05, 0) is 59.3 Å². The average molecular weight is 459 g/mol. The fourth-order valence-electron chi connectivity index (χ4n) is 2.60. The van der Waals surface area contributed by atoms with Crippen molar-refractivity contribution in [2.75, 3.05) is 12.4 Å².